The van der Waals surface area contributed by atoms with Crippen LogP contribution >= 0.6 is 0 Å². The van der Waals surface area contributed by atoms with E-state index in [2.05, 4.69) is 5.32 Å². The number of hydrogen-bond donors (Lipinski definition) is 4. The van der Waals surface area contributed by atoms with Gasteiger partial charge in [0, 0.05) is 0 Å². The molecule has 0 spiro atoms. The van der Waals surface area contributed by atoms with Crippen molar-refractivity contribution in [1.82, 2.24) is 5.32 Å². The van der Waals surface area contributed by atoms with E-state index >= 15 is 0 Å². The maximum atomic E-state index is 10.7. The fourth-order valence-electron chi connectivity index (χ4n) is 1.06. The fraction of sp³-hybridized carbons (Fsp3) is 0.833. The van der Waals surface area contributed by atoms with Crippen molar-refractivity contribution in [3.8, 4) is 0 Å². The van der Waals surface area contributed by atoms with Crippen LogP contribution in [0.1, 0.15) is 6.42 Å². The van der Waals surface area contributed by atoms with Gasteiger partial charge in [0.15, 0.2) is 6.10 Å². The monoisotopic (exact) mass is 161 g/mol. The lowest BCUT2D eigenvalue weighted by Crippen LogP contribution is -2.55. The predicted octanol–water partition coefficient (Wildman–Crippen LogP) is -2.41. The molecule has 1 heterocycles. The predicted molar refractivity (Wildman–Crippen MR) is 35.6 cm³/mol. The molecular formula is C6H11NO4. The minimum absolute atomic E-state index is 0.198. The molecule has 11 heavy (non-hydrogen) atoms. The first-order valence-electron chi connectivity index (χ1n) is 3.42. The van der Waals surface area contributed by atoms with Crippen LogP contribution in [-0.2, 0) is 4.79 Å². The molecule has 3 unspecified atom stereocenters. The van der Waals surface area contributed by atoms with E-state index in [1.165, 1.54) is 0 Å². The molecule has 5 nitrogen and oxygen atoms in total. The van der Waals surface area contributed by atoms with Crippen LogP contribution in [0.5, 0.6) is 0 Å². The van der Waals surface area contributed by atoms with Gasteiger partial charge in [-0.1, -0.05) is 0 Å². The average molecular weight is 161 g/mol. The Bertz CT molecular complexity index is 161. The van der Waals surface area contributed by atoms with Crippen LogP contribution in [0, 0.1) is 0 Å². The molecular weight excluding hydrogens is 150 g/mol. The van der Waals surface area contributed by atoms with Crippen LogP contribution in [-0.4, -0.2) is 46.1 Å². The molecule has 0 aliphatic carbocycles. The average Bonchev–Trinajstić information content (AvgIpc) is 1.99. The molecule has 1 rings (SSSR count). The van der Waals surface area contributed by atoms with Crippen molar-refractivity contribution < 1.29 is 20.1 Å². The molecule has 0 aromatic carbocycles. The number of rotatable bonds is 1. The van der Waals surface area contributed by atoms with Gasteiger partial charge >= 0.3 is 0 Å². The fourth-order valence-corrected chi connectivity index (χ4v) is 1.06. The number of carbonyl (C=O) groups is 1. The van der Waals surface area contributed by atoms with Crippen molar-refractivity contribution in [2.45, 2.75) is 24.7 Å². The quantitative estimate of drug-likeness (QED) is 0.345. The van der Waals surface area contributed by atoms with E-state index in [-0.39, 0.29) is 13.0 Å². The zero-order valence-corrected chi connectivity index (χ0v) is 5.90. The normalized spacial score (nSPS) is 38.5. The van der Waals surface area contributed by atoms with Crippen molar-refractivity contribution in [2.75, 3.05) is 6.61 Å². The van der Waals surface area contributed by atoms with Crippen molar-refractivity contribution in [3.05, 3.63) is 0 Å². The molecule has 5 heteroatoms. The van der Waals surface area contributed by atoms with Gasteiger partial charge in [-0.2, -0.15) is 0 Å². The molecule has 1 aliphatic heterocycles. The summed E-state index contributed by atoms with van der Waals surface area (Å²) in [5, 5.41) is 28.9. The van der Waals surface area contributed by atoms with Crippen LogP contribution in [0.2, 0.25) is 0 Å². The van der Waals surface area contributed by atoms with Crippen molar-refractivity contribution >= 4 is 5.91 Å². The largest absolute Gasteiger partial charge is 0.394 e. The first-order valence-corrected chi connectivity index (χ1v) is 3.42. The Morgan fingerprint density at radius 3 is 2.64 bits per heavy atom. The van der Waals surface area contributed by atoms with E-state index in [9.17, 15) is 4.79 Å². The Kier molecular flexibility index (Phi) is 2.43. The highest BCUT2D eigenvalue weighted by Crippen LogP contribution is 2.09. The molecule has 0 aromatic heterocycles. The van der Waals surface area contributed by atoms with Gasteiger partial charge in [-0.15, -0.1) is 0 Å². The number of hydrogen-bond acceptors (Lipinski definition) is 4. The Labute approximate surface area is 63.7 Å². The topological polar surface area (TPSA) is 89.8 Å². The van der Waals surface area contributed by atoms with Gasteiger partial charge in [0.05, 0.1) is 18.8 Å². The van der Waals surface area contributed by atoms with Crippen LogP contribution in [0.25, 0.3) is 0 Å². The number of piperidine rings is 1. The van der Waals surface area contributed by atoms with E-state index < -0.39 is 24.2 Å². The summed E-state index contributed by atoms with van der Waals surface area (Å²) in [6, 6.07) is -0.430. The first kappa shape index (κ1) is 8.45. The van der Waals surface area contributed by atoms with Gasteiger partial charge in [-0.25, -0.2) is 0 Å². The van der Waals surface area contributed by atoms with E-state index in [1.54, 1.807) is 0 Å². The second-order valence-corrected chi connectivity index (χ2v) is 2.64. The molecule has 1 amide bonds. The summed E-state index contributed by atoms with van der Waals surface area (Å²) in [6.07, 6.45) is -2.21. The summed E-state index contributed by atoms with van der Waals surface area (Å²) >= 11 is 0. The zero-order chi connectivity index (χ0) is 8.43. The number of nitrogens with one attached hydrogen (secondary N) is 1. The second-order valence-electron chi connectivity index (χ2n) is 2.64. The lowest BCUT2D eigenvalue weighted by Gasteiger charge is -2.29. The highest BCUT2D eigenvalue weighted by atomic mass is 16.3. The van der Waals surface area contributed by atoms with E-state index in [1.807, 2.05) is 0 Å². The Hall–Kier alpha value is -0.650. The summed E-state index contributed by atoms with van der Waals surface area (Å²) in [6.45, 7) is -0.213. The van der Waals surface area contributed by atoms with Crippen molar-refractivity contribution in [1.29, 1.82) is 0 Å². The van der Waals surface area contributed by atoms with Crippen molar-refractivity contribution in [2.24, 2.45) is 0 Å². The summed E-state index contributed by atoms with van der Waals surface area (Å²) in [4.78, 5) is 10.7. The lowest BCUT2D eigenvalue weighted by molar-refractivity contribution is -0.141. The Balaban J connectivity index is 2.54. The first-order chi connectivity index (χ1) is 5.15. The summed E-state index contributed by atoms with van der Waals surface area (Å²) < 4.78 is 0. The van der Waals surface area contributed by atoms with Crippen LogP contribution < -0.4 is 5.32 Å². The van der Waals surface area contributed by atoms with Crippen LogP contribution in [0.4, 0.5) is 0 Å². The van der Waals surface area contributed by atoms with Gasteiger partial charge in [0.1, 0.15) is 0 Å². The lowest BCUT2D eigenvalue weighted by atomic mass is 10.00. The molecule has 1 aliphatic rings. The molecule has 0 radical (unpaired) electrons. The van der Waals surface area contributed by atoms with Crippen molar-refractivity contribution in [3.63, 3.8) is 0 Å². The standard InChI is InChI=1S/C6H11NO4/c8-2-3-1-4(9)5(10)6(11)7-3/h3-5,8-10H,1-2H2,(H,7,11). The smallest absolute Gasteiger partial charge is 0.251 e. The molecule has 0 aromatic rings. The molecule has 3 atom stereocenters. The van der Waals surface area contributed by atoms with E-state index in [0.717, 1.165) is 0 Å². The molecule has 1 fully saturated rings. The molecule has 64 valence electrons. The van der Waals surface area contributed by atoms with E-state index in [0.29, 0.717) is 0 Å². The molecule has 4 N–H and O–H groups in total. The van der Waals surface area contributed by atoms with Gasteiger partial charge in [0.25, 0.3) is 5.91 Å². The Morgan fingerprint density at radius 2 is 2.18 bits per heavy atom. The molecule has 0 bridgehead atoms. The van der Waals surface area contributed by atoms with Gasteiger partial charge in [-0.05, 0) is 6.42 Å². The third kappa shape index (κ3) is 1.68. The second kappa shape index (κ2) is 3.17. The minimum Gasteiger partial charge on any atom is -0.394 e. The summed E-state index contributed by atoms with van der Waals surface area (Å²) in [5.74, 6) is -0.622. The summed E-state index contributed by atoms with van der Waals surface area (Å²) in [7, 11) is 0. The minimum atomic E-state index is -1.35. The number of carbonyl (C=O) groups excluding carboxylic acids is 1. The van der Waals surface area contributed by atoms with Crippen LogP contribution in [0.3, 0.4) is 0 Å². The third-order valence-electron chi connectivity index (χ3n) is 1.73. The zero-order valence-electron chi connectivity index (χ0n) is 5.90. The van der Waals surface area contributed by atoms with E-state index in [4.69, 9.17) is 15.3 Å². The maximum absolute atomic E-state index is 10.7. The Morgan fingerprint density at radius 1 is 1.55 bits per heavy atom. The number of aliphatic hydroxyl groups excluding tert-OH is 3. The van der Waals surface area contributed by atoms with Gasteiger partial charge in [0.2, 0.25) is 0 Å². The third-order valence-corrected chi connectivity index (χ3v) is 1.73. The van der Waals surface area contributed by atoms with Gasteiger partial charge in [-0.3, -0.25) is 4.79 Å². The van der Waals surface area contributed by atoms with Crippen LogP contribution in [0.15, 0.2) is 0 Å². The number of amides is 1. The number of aliphatic hydroxyl groups is 3. The molecule has 0 saturated carbocycles. The maximum Gasteiger partial charge on any atom is 0.251 e. The summed E-state index contributed by atoms with van der Waals surface area (Å²) in [5.41, 5.74) is 0. The highest BCUT2D eigenvalue weighted by molar-refractivity contribution is 5.82. The van der Waals surface area contributed by atoms with Gasteiger partial charge < -0.3 is 20.6 Å². The highest BCUT2D eigenvalue weighted by Gasteiger charge is 2.33. The SMILES string of the molecule is O=C1NC(CO)CC(O)C1O. The molecule has 1 saturated heterocycles.